The molecule has 1 fully saturated rings. The summed E-state index contributed by atoms with van der Waals surface area (Å²) in [6, 6.07) is 1.88. The molecule has 0 radical (unpaired) electrons. The third kappa shape index (κ3) is 4.40. The molecular weight excluding hydrogens is 340 g/mol. The molecule has 0 atom stereocenters. The molecule has 0 aromatic carbocycles. The summed E-state index contributed by atoms with van der Waals surface area (Å²) in [6.07, 6.45) is 0.643. The van der Waals surface area contributed by atoms with Crippen molar-refractivity contribution in [3.8, 4) is 6.07 Å². The van der Waals surface area contributed by atoms with E-state index in [9.17, 15) is 13.2 Å². The van der Waals surface area contributed by atoms with Crippen molar-refractivity contribution in [3.05, 3.63) is 11.1 Å². The molecule has 0 unspecified atom stereocenters. The van der Waals surface area contributed by atoms with Crippen LogP contribution >= 0.6 is 11.3 Å². The van der Waals surface area contributed by atoms with Crippen molar-refractivity contribution < 1.29 is 17.4 Å². The Kier molecular flexibility index (Phi) is 5.23. The van der Waals surface area contributed by atoms with E-state index < -0.39 is 10.1 Å². The Labute approximate surface area is 139 Å². The lowest BCUT2D eigenvalue weighted by Gasteiger charge is -2.37. The number of carbonyl (C=O) groups is 1. The maximum Gasteiger partial charge on any atom is 0.274 e. The fourth-order valence-electron chi connectivity index (χ4n) is 2.12. The molecule has 126 valence electrons. The van der Waals surface area contributed by atoms with E-state index in [2.05, 4.69) is 4.98 Å². The van der Waals surface area contributed by atoms with E-state index in [4.69, 9.17) is 9.44 Å². The fraction of sp³-hybridized carbons (Fsp3) is 0.615. The molecule has 2 heterocycles. The van der Waals surface area contributed by atoms with Gasteiger partial charge < -0.3 is 9.80 Å². The normalized spacial score (nSPS) is 15.3. The molecule has 0 N–H and O–H groups in total. The molecule has 8 nitrogen and oxygen atoms in total. The first-order valence-electron chi connectivity index (χ1n) is 6.98. The summed E-state index contributed by atoms with van der Waals surface area (Å²) in [4.78, 5) is 20.0. The Bertz CT molecular complexity index is 717. The third-order valence-corrected chi connectivity index (χ3v) is 4.79. The molecule has 2 rings (SSSR count). The first-order chi connectivity index (χ1) is 10.7. The SMILES string of the molecule is CC(C)N(CC#N)C(=O)c1csc(N2CC(OS(C)(=O)=O)C2)n1. The van der Waals surface area contributed by atoms with Crippen LogP contribution in [0.2, 0.25) is 0 Å². The lowest BCUT2D eigenvalue weighted by Crippen LogP contribution is -2.53. The summed E-state index contributed by atoms with van der Waals surface area (Å²) in [5, 5.41) is 11.1. The van der Waals surface area contributed by atoms with Crippen LogP contribution < -0.4 is 4.90 Å². The second kappa shape index (κ2) is 6.82. The predicted octanol–water partition coefficient (Wildman–Crippen LogP) is 0.682. The van der Waals surface area contributed by atoms with Gasteiger partial charge in [0.05, 0.1) is 12.3 Å². The second-order valence-corrected chi connectivity index (χ2v) is 7.96. The molecule has 1 aromatic heterocycles. The van der Waals surface area contributed by atoms with Gasteiger partial charge >= 0.3 is 0 Å². The van der Waals surface area contributed by atoms with Gasteiger partial charge in [-0.15, -0.1) is 11.3 Å². The zero-order valence-corrected chi connectivity index (χ0v) is 14.7. The molecule has 1 saturated heterocycles. The van der Waals surface area contributed by atoms with E-state index in [-0.39, 0.29) is 24.6 Å². The molecule has 1 aromatic rings. The van der Waals surface area contributed by atoms with Crippen LogP contribution in [0, 0.1) is 11.3 Å². The van der Waals surface area contributed by atoms with E-state index in [1.54, 1.807) is 5.38 Å². The Balaban J connectivity index is 1.99. The Morgan fingerprint density at radius 1 is 1.61 bits per heavy atom. The number of anilines is 1. The highest BCUT2D eigenvalue weighted by Crippen LogP contribution is 2.27. The smallest absolute Gasteiger partial charge is 0.274 e. The van der Waals surface area contributed by atoms with Crippen LogP contribution in [0.25, 0.3) is 0 Å². The van der Waals surface area contributed by atoms with Gasteiger partial charge in [-0.25, -0.2) is 4.98 Å². The zero-order chi connectivity index (χ0) is 17.2. The average Bonchev–Trinajstić information content (AvgIpc) is 2.86. The molecule has 23 heavy (non-hydrogen) atoms. The topological polar surface area (TPSA) is 104 Å². The van der Waals surface area contributed by atoms with Crippen LogP contribution in [0.15, 0.2) is 5.38 Å². The lowest BCUT2D eigenvalue weighted by atomic mass is 10.2. The fourth-order valence-corrected chi connectivity index (χ4v) is 3.56. The minimum absolute atomic E-state index is 0.0113. The minimum atomic E-state index is -3.46. The molecule has 0 aliphatic carbocycles. The largest absolute Gasteiger partial charge is 0.343 e. The second-order valence-electron chi connectivity index (χ2n) is 5.53. The van der Waals surface area contributed by atoms with Gasteiger partial charge in [-0.2, -0.15) is 13.7 Å². The number of nitrogens with zero attached hydrogens (tertiary/aromatic N) is 4. The standard InChI is InChI=1S/C13H18N4O4S2/c1-9(2)17(5-4-14)12(18)11-8-22-13(15-11)16-6-10(7-16)21-23(3,19)20/h8-10H,5-7H2,1-3H3. The summed E-state index contributed by atoms with van der Waals surface area (Å²) >= 11 is 1.31. The van der Waals surface area contributed by atoms with Gasteiger partial charge in [0.1, 0.15) is 18.3 Å². The van der Waals surface area contributed by atoms with Crippen LogP contribution in [0.1, 0.15) is 24.3 Å². The lowest BCUT2D eigenvalue weighted by molar-refractivity contribution is 0.0726. The molecule has 0 spiro atoms. The highest BCUT2D eigenvalue weighted by molar-refractivity contribution is 7.86. The summed E-state index contributed by atoms with van der Waals surface area (Å²) in [5.74, 6) is -0.284. The van der Waals surface area contributed by atoms with Crippen LogP contribution in [-0.4, -0.2) is 62.2 Å². The summed E-state index contributed by atoms with van der Waals surface area (Å²) in [7, 11) is -3.46. The van der Waals surface area contributed by atoms with E-state index >= 15 is 0 Å². The van der Waals surface area contributed by atoms with Gasteiger partial charge in [0.25, 0.3) is 16.0 Å². The third-order valence-electron chi connectivity index (χ3n) is 3.27. The Morgan fingerprint density at radius 3 is 2.78 bits per heavy atom. The number of hydrogen-bond acceptors (Lipinski definition) is 8. The van der Waals surface area contributed by atoms with Crippen molar-refractivity contribution in [1.82, 2.24) is 9.88 Å². The Morgan fingerprint density at radius 2 is 2.26 bits per heavy atom. The van der Waals surface area contributed by atoms with Crippen molar-refractivity contribution in [1.29, 1.82) is 5.26 Å². The van der Waals surface area contributed by atoms with Gasteiger partial charge in [-0.3, -0.25) is 8.98 Å². The Hall–Kier alpha value is -1.70. The predicted molar refractivity (Wildman–Crippen MR) is 85.8 cm³/mol. The zero-order valence-electron chi connectivity index (χ0n) is 13.1. The maximum atomic E-state index is 12.4. The minimum Gasteiger partial charge on any atom is -0.343 e. The number of nitriles is 1. The molecule has 0 bridgehead atoms. The van der Waals surface area contributed by atoms with Gasteiger partial charge in [-0.05, 0) is 13.8 Å². The van der Waals surface area contributed by atoms with Crippen molar-refractivity contribution >= 4 is 32.5 Å². The number of carbonyl (C=O) groups excluding carboxylic acids is 1. The van der Waals surface area contributed by atoms with Gasteiger partial charge in [0, 0.05) is 24.5 Å². The van der Waals surface area contributed by atoms with Gasteiger partial charge in [-0.1, -0.05) is 0 Å². The summed E-state index contributed by atoms with van der Waals surface area (Å²) in [6.45, 7) is 4.52. The summed E-state index contributed by atoms with van der Waals surface area (Å²) in [5.41, 5.74) is 0.293. The van der Waals surface area contributed by atoms with Crippen molar-refractivity contribution in [2.75, 3.05) is 30.8 Å². The monoisotopic (exact) mass is 358 g/mol. The van der Waals surface area contributed by atoms with Crippen LogP contribution in [-0.2, 0) is 14.3 Å². The molecule has 1 aliphatic heterocycles. The van der Waals surface area contributed by atoms with Crippen molar-refractivity contribution in [2.45, 2.75) is 26.0 Å². The molecule has 1 amide bonds. The quantitative estimate of drug-likeness (QED) is 0.544. The number of hydrogen-bond donors (Lipinski definition) is 0. The van der Waals surface area contributed by atoms with Crippen LogP contribution in [0.3, 0.4) is 0 Å². The number of amides is 1. The highest BCUT2D eigenvalue weighted by atomic mass is 32.2. The summed E-state index contributed by atoms with van der Waals surface area (Å²) < 4.78 is 27.0. The van der Waals surface area contributed by atoms with Crippen molar-refractivity contribution in [2.24, 2.45) is 0 Å². The van der Waals surface area contributed by atoms with Gasteiger partial charge in [0.2, 0.25) is 0 Å². The first kappa shape index (κ1) is 17.7. The number of aromatic nitrogens is 1. The molecule has 0 saturated carbocycles. The van der Waals surface area contributed by atoms with E-state index in [0.717, 1.165) is 6.26 Å². The molecule has 1 aliphatic rings. The molecular formula is C13H18N4O4S2. The van der Waals surface area contributed by atoms with E-state index in [1.165, 1.54) is 16.2 Å². The first-order valence-corrected chi connectivity index (χ1v) is 9.67. The van der Waals surface area contributed by atoms with Crippen molar-refractivity contribution in [3.63, 3.8) is 0 Å². The number of rotatable bonds is 6. The average molecular weight is 358 g/mol. The van der Waals surface area contributed by atoms with Gasteiger partial charge in [0.15, 0.2) is 5.13 Å². The maximum absolute atomic E-state index is 12.4. The number of thiazole rings is 1. The molecule has 10 heteroatoms. The highest BCUT2D eigenvalue weighted by Gasteiger charge is 2.33. The van der Waals surface area contributed by atoms with E-state index in [1.807, 2.05) is 24.8 Å². The van der Waals surface area contributed by atoms with Crippen LogP contribution in [0.5, 0.6) is 0 Å². The van der Waals surface area contributed by atoms with E-state index in [0.29, 0.717) is 23.9 Å². The van der Waals surface area contributed by atoms with Crippen LogP contribution in [0.4, 0.5) is 5.13 Å².